The Morgan fingerprint density at radius 1 is 0.371 bits per heavy atom. The molecule has 0 rings (SSSR count). The molecule has 1 atom stereocenters. The standard InChI is InChI=1S/C57H94O5/c1-4-7-10-13-16-19-22-25-27-29-31-33-35-38-41-44-47-50-56(58)61-54-55(53-60-52-49-46-43-40-37-24-21-18-15-12-9-6-3)62-57(59)51-48-45-42-39-36-34-32-30-28-26-23-20-17-14-11-8-5-2/h7-8,10-11,15-20,25-28,31-34,55H,4-6,9,12-14,21-24,29-30,35-54H2,1-3H3/b10-7-,11-8-,18-15-,19-16-,20-17-,27-25-,28-26-,33-31-,34-32-. The van der Waals surface area contributed by atoms with Crippen molar-refractivity contribution in [3.63, 3.8) is 0 Å². The zero-order chi connectivity index (χ0) is 44.9. The SMILES string of the molecule is CC/C=C\C/C=C\C/C=C\C/C=C\CCCCCCC(=O)OCC(COCCCCCCCC/C=C\CCCC)OC(=O)CCCCCC/C=C\C/C=C\C/C=C\C/C=C\CC. The Morgan fingerprint density at radius 2 is 0.726 bits per heavy atom. The van der Waals surface area contributed by atoms with Crippen LogP contribution in [0.3, 0.4) is 0 Å². The molecule has 0 aliphatic heterocycles. The lowest BCUT2D eigenvalue weighted by molar-refractivity contribution is -0.163. The molecular formula is C57H94O5. The largest absolute Gasteiger partial charge is 0.462 e. The number of unbranched alkanes of at least 4 members (excludes halogenated alkanes) is 16. The van der Waals surface area contributed by atoms with E-state index in [1.54, 1.807) is 0 Å². The van der Waals surface area contributed by atoms with Crippen LogP contribution in [0.2, 0.25) is 0 Å². The highest BCUT2D eigenvalue weighted by Crippen LogP contribution is 2.12. The zero-order valence-corrected chi connectivity index (χ0v) is 40.3. The van der Waals surface area contributed by atoms with Gasteiger partial charge in [-0.15, -0.1) is 0 Å². The van der Waals surface area contributed by atoms with Gasteiger partial charge in [0.2, 0.25) is 0 Å². The summed E-state index contributed by atoms with van der Waals surface area (Å²) in [6.07, 6.45) is 70.9. The first-order chi connectivity index (χ1) is 30.6. The molecule has 62 heavy (non-hydrogen) atoms. The Hall–Kier alpha value is -3.44. The fraction of sp³-hybridized carbons (Fsp3) is 0.649. The van der Waals surface area contributed by atoms with E-state index < -0.39 is 6.10 Å². The van der Waals surface area contributed by atoms with Crippen LogP contribution in [0.25, 0.3) is 0 Å². The first kappa shape index (κ1) is 58.6. The zero-order valence-electron chi connectivity index (χ0n) is 40.3. The second kappa shape index (κ2) is 51.9. The average molecular weight is 859 g/mol. The minimum Gasteiger partial charge on any atom is -0.462 e. The fourth-order valence-electron chi connectivity index (χ4n) is 6.53. The van der Waals surface area contributed by atoms with E-state index in [0.717, 1.165) is 128 Å². The van der Waals surface area contributed by atoms with Crippen LogP contribution in [0.5, 0.6) is 0 Å². The lowest BCUT2D eigenvalue weighted by Gasteiger charge is -2.18. The highest BCUT2D eigenvalue weighted by Gasteiger charge is 2.17. The summed E-state index contributed by atoms with van der Waals surface area (Å²) in [6, 6.07) is 0. The lowest BCUT2D eigenvalue weighted by atomic mass is 10.1. The van der Waals surface area contributed by atoms with E-state index >= 15 is 0 Å². The van der Waals surface area contributed by atoms with Gasteiger partial charge in [-0.05, 0) is 116 Å². The molecule has 0 spiro atoms. The smallest absolute Gasteiger partial charge is 0.306 e. The van der Waals surface area contributed by atoms with Crippen molar-refractivity contribution in [1.82, 2.24) is 0 Å². The van der Waals surface area contributed by atoms with Crippen molar-refractivity contribution in [3.05, 3.63) is 109 Å². The first-order valence-corrected chi connectivity index (χ1v) is 25.4. The van der Waals surface area contributed by atoms with Crippen LogP contribution in [0, 0.1) is 0 Å². The third kappa shape index (κ3) is 49.2. The van der Waals surface area contributed by atoms with Crippen LogP contribution in [0.1, 0.15) is 213 Å². The molecule has 0 aromatic carbocycles. The van der Waals surface area contributed by atoms with Crippen LogP contribution < -0.4 is 0 Å². The van der Waals surface area contributed by atoms with E-state index in [0.29, 0.717) is 19.4 Å². The van der Waals surface area contributed by atoms with Crippen LogP contribution >= 0.6 is 0 Å². The molecule has 352 valence electrons. The summed E-state index contributed by atoms with van der Waals surface area (Å²) >= 11 is 0. The number of esters is 2. The molecule has 5 nitrogen and oxygen atoms in total. The summed E-state index contributed by atoms with van der Waals surface area (Å²) in [7, 11) is 0. The Morgan fingerprint density at radius 3 is 1.18 bits per heavy atom. The van der Waals surface area contributed by atoms with Gasteiger partial charge >= 0.3 is 11.9 Å². The number of ether oxygens (including phenoxy) is 3. The Bertz CT molecular complexity index is 1250. The van der Waals surface area contributed by atoms with Gasteiger partial charge in [0.1, 0.15) is 6.61 Å². The summed E-state index contributed by atoms with van der Waals surface area (Å²) in [5.74, 6) is -0.461. The maximum absolute atomic E-state index is 12.8. The fourth-order valence-corrected chi connectivity index (χ4v) is 6.53. The monoisotopic (exact) mass is 859 g/mol. The van der Waals surface area contributed by atoms with Crippen molar-refractivity contribution in [2.75, 3.05) is 19.8 Å². The van der Waals surface area contributed by atoms with Crippen molar-refractivity contribution in [2.24, 2.45) is 0 Å². The van der Waals surface area contributed by atoms with Crippen molar-refractivity contribution in [1.29, 1.82) is 0 Å². The quantitative estimate of drug-likeness (QED) is 0.0347. The average Bonchev–Trinajstić information content (AvgIpc) is 3.27. The van der Waals surface area contributed by atoms with Gasteiger partial charge in [-0.2, -0.15) is 0 Å². The Balaban J connectivity index is 4.38. The van der Waals surface area contributed by atoms with E-state index in [9.17, 15) is 9.59 Å². The van der Waals surface area contributed by atoms with Crippen LogP contribution in [0.15, 0.2) is 109 Å². The number of hydrogen-bond donors (Lipinski definition) is 0. The van der Waals surface area contributed by atoms with E-state index in [1.165, 1.54) is 51.4 Å². The summed E-state index contributed by atoms with van der Waals surface area (Å²) in [6.45, 7) is 7.49. The first-order valence-electron chi connectivity index (χ1n) is 25.4. The van der Waals surface area contributed by atoms with Gasteiger partial charge in [0.15, 0.2) is 6.10 Å². The number of allylic oxidation sites excluding steroid dienone is 18. The van der Waals surface area contributed by atoms with Gasteiger partial charge in [0.05, 0.1) is 6.61 Å². The second-order valence-corrected chi connectivity index (χ2v) is 16.3. The molecule has 0 N–H and O–H groups in total. The molecule has 0 bridgehead atoms. The molecule has 0 aliphatic rings. The summed E-state index contributed by atoms with van der Waals surface area (Å²) in [5, 5.41) is 0. The van der Waals surface area contributed by atoms with Gasteiger partial charge in [-0.1, -0.05) is 194 Å². The summed E-state index contributed by atoms with van der Waals surface area (Å²) in [4.78, 5) is 25.4. The van der Waals surface area contributed by atoms with Crippen LogP contribution in [-0.2, 0) is 23.8 Å². The Labute approximate surface area is 383 Å². The summed E-state index contributed by atoms with van der Waals surface area (Å²) < 4.78 is 17.3. The molecule has 0 aromatic rings. The third-order valence-corrected chi connectivity index (χ3v) is 10.3. The van der Waals surface area contributed by atoms with E-state index in [2.05, 4.69) is 130 Å². The number of carbonyl (C=O) groups is 2. The maximum Gasteiger partial charge on any atom is 0.306 e. The molecule has 0 aromatic heterocycles. The van der Waals surface area contributed by atoms with Crippen LogP contribution in [-0.4, -0.2) is 37.9 Å². The van der Waals surface area contributed by atoms with Crippen molar-refractivity contribution in [2.45, 2.75) is 219 Å². The second-order valence-electron chi connectivity index (χ2n) is 16.3. The van der Waals surface area contributed by atoms with Gasteiger partial charge in [0, 0.05) is 19.4 Å². The van der Waals surface area contributed by atoms with E-state index in [4.69, 9.17) is 14.2 Å². The summed E-state index contributed by atoms with van der Waals surface area (Å²) in [5.41, 5.74) is 0. The third-order valence-electron chi connectivity index (χ3n) is 10.3. The molecule has 0 radical (unpaired) electrons. The van der Waals surface area contributed by atoms with Crippen molar-refractivity contribution < 1.29 is 23.8 Å². The van der Waals surface area contributed by atoms with Crippen molar-refractivity contribution >= 4 is 11.9 Å². The predicted molar refractivity (Wildman–Crippen MR) is 269 cm³/mol. The maximum atomic E-state index is 12.8. The highest BCUT2D eigenvalue weighted by atomic mass is 16.6. The topological polar surface area (TPSA) is 61.8 Å². The molecule has 0 amide bonds. The minimum absolute atomic E-state index is 0.0537. The Kier molecular flexibility index (Phi) is 49.0. The highest BCUT2D eigenvalue weighted by molar-refractivity contribution is 5.70. The van der Waals surface area contributed by atoms with Crippen molar-refractivity contribution in [3.8, 4) is 0 Å². The molecule has 0 saturated heterocycles. The molecular weight excluding hydrogens is 765 g/mol. The van der Waals surface area contributed by atoms with Gasteiger partial charge < -0.3 is 14.2 Å². The lowest BCUT2D eigenvalue weighted by Crippen LogP contribution is -2.30. The van der Waals surface area contributed by atoms with Gasteiger partial charge in [-0.3, -0.25) is 9.59 Å². The van der Waals surface area contributed by atoms with E-state index in [1.807, 2.05) is 0 Å². The predicted octanol–water partition coefficient (Wildman–Crippen LogP) is 17.2. The minimum atomic E-state index is -0.568. The van der Waals surface area contributed by atoms with Crippen LogP contribution in [0.4, 0.5) is 0 Å². The number of carbonyl (C=O) groups excluding carboxylic acids is 2. The number of rotatable bonds is 45. The molecule has 0 saturated carbocycles. The molecule has 0 aliphatic carbocycles. The van der Waals surface area contributed by atoms with Gasteiger partial charge in [0.25, 0.3) is 0 Å². The molecule has 5 heteroatoms. The molecule has 1 unspecified atom stereocenters. The normalized spacial score (nSPS) is 13.1. The van der Waals surface area contributed by atoms with E-state index in [-0.39, 0.29) is 25.2 Å². The molecule has 0 fully saturated rings. The van der Waals surface area contributed by atoms with Gasteiger partial charge in [-0.25, -0.2) is 0 Å². The number of hydrogen-bond acceptors (Lipinski definition) is 5. The molecule has 0 heterocycles.